The van der Waals surface area contributed by atoms with Crippen LogP contribution in [0, 0.1) is 14.9 Å². The summed E-state index contributed by atoms with van der Waals surface area (Å²) in [5, 5.41) is 10.2. The topological polar surface area (TPSA) is 23.8 Å². The van der Waals surface area contributed by atoms with E-state index in [0.29, 0.717) is 15.6 Å². The van der Waals surface area contributed by atoms with Crippen molar-refractivity contribution in [2.24, 2.45) is 0 Å². The third-order valence-corrected chi connectivity index (χ3v) is 3.92. The number of allylic oxidation sites excluding steroid dienone is 1. The molecule has 0 atom stereocenters. The maximum Gasteiger partial charge on any atom is 0.0998 e. The van der Waals surface area contributed by atoms with Crippen LogP contribution in [0.1, 0.15) is 11.1 Å². The average Bonchev–Trinajstić information content (AvgIpc) is 2.39. The molecular formula is C15H8Cl2IN. The van der Waals surface area contributed by atoms with E-state index in [1.807, 2.05) is 30.3 Å². The van der Waals surface area contributed by atoms with Crippen LogP contribution in [0.5, 0.6) is 0 Å². The van der Waals surface area contributed by atoms with Gasteiger partial charge in [-0.05, 0) is 64.1 Å². The van der Waals surface area contributed by atoms with Gasteiger partial charge in [0.2, 0.25) is 0 Å². The van der Waals surface area contributed by atoms with Gasteiger partial charge in [0.25, 0.3) is 0 Å². The lowest BCUT2D eigenvalue weighted by Crippen LogP contribution is -1.83. The zero-order valence-corrected chi connectivity index (χ0v) is 13.4. The summed E-state index contributed by atoms with van der Waals surface area (Å²) in [5.74, 6) is 0. The van der Waals surface area contributed by atoms with Crippen LogP contribution in [0.2, 0.25) is 10.0 Å². The summed E-state index contributed by atoms with van der Waals surface area (Å²) in [6, 6.07) is 15.3. The Morgan fingerprint density at radius 3 is 2.53 bits per heavy atom. The highest BCUT2D eigenvalue weighted by atomic mass is 127. The van der Waals surface area contributed by atoms with E-state index >= 15 is 0 Å². The summed E-state index contributed by atoms with van der Waals surface area (Å²) >= 11 is 14.1. The lowest BCUT2D eigenvalue weighted by molar-refractivity contribution is 1.52. The fourth-order valence-electron chi connectivity index (χ4n) is 1.61. The average molecular weight is 400 g/mol. The molecule has 0 saturated heterocycles. The van der Waals surface area contributed by atoms with Gasteiger partial charge < -0.3 is 0 Å². The van der Waals surface area contributed by atoms with E-state index in [4.69, 9.17) is 23.2 Å². The van der Waals surface area contributed by atoms with Crippen LogP contribution in [0.15, 0.2) is 42.5 Å². The lowest BCUT2D eigenvalue weighted by Gasteiger charge is -2.02. The number of halogens is 3. The van der Waals surface area contributed by atoms with Crippen LogP contribution >= 0.6 is 45.8 Å². The molecule has 0 radical (unpaired) electrons. The molecule has 0 bridgehead atoms. The Bertz CT molecular complexity index is 687. The van der Waals surface area contributed by atoms with Crippen molar-refractivity contribution in [1.82, 2.24) is 0 Å². The van der Waals surface area contributed by atoms with Crippen molar-refractivity contribution >= 4 is 57.4 Å². The van der Waals surface area contributed by atoms with E-state index in [-0.39, 0.29) is 0 Å². The Labute approximate surface area is 135 Å². The predicted octanol–water partition coefficient (Wildman–Crippen LogP) is 5.66. The number of nitriles is 1. The van der Waals surface area contributed by atoms with E-state index in [0.717, 1.165) is 14.7 Å². The van der Waals surface area contributed by atoms with Gasteiger partial charge in [0.05, 0.1) is 21.7 Å². The largest absolute Gasteiger partial charge is 0.192 e. The first-order valence-electron chi connectivity index (χ1n) is 5.43. The van der Waals surface area contributed by atoms with E-state index < -0.39 is 0 Å². The lowest BCUT2D eigenvalue weighted by atomic mass is 10.0. The number of hydrogen-bond donors (Lipinski definition) is 0. The first-order valence-corrected chi connectivity index (χ1v) is 7.26. The molecule has 0 unspecified atom stereocenters. The molecule has 0 aliphatic carbocycles. The quantitative estimate of drug-likeness (QED) is 0.363. The maximum atomic E-state index is 9.27. The van der Waals surface area contributed by atoms with Gasteiger partial charge in [-0.15, -0.1) is 0 Å². The van der Waals surface area contributed by atoms with Gasteiger partial charge in [0.15, 0.2) is 0 Å². The molecule has 0 heterocycles. The molecule has 0 N–H and O–H groups in total. The third kappa shape index (κ3) is 3.73. The highest BCUT2D eigenvalue weighted by Gasteiger charge is 2.04. The third-order valence-electron chi connectivity index (χ3n) is 2.51. The maximum absolute atomic E-state index is 9.27. The normalized spacial score (nSPS) is 11.2. The van der Waals surface area contributed by atoms with E-state index in [1.54, 1.807) is 18.2 Å². The Morgan fingerprint density at radius 2 is 1.89 bits per heavy atom. The van der Waals surface area contributed by atoms with Crippen molar-refractivity contribution in [2.45, 2.75) is 0 Å². The van der Waals surface area contributed by atoms with E-state index in [2.05, 4.69) is 28.7 Å². The molecule has 0 aliphatic rings. The minimum atomic E-state index is 0.447. The van der Waals surface area contributed by atoms with Crippen molar-refractivity contribution in [3.8, 4) is 6.07 Å². The molecule has 0 amide bonds. The summed E-state index contributed by atoms with van der Waals surface area (Å²) < 4.78 is 1.12. The highest BCUT2D eigenvalue weighted by Crippen LogP contribution is 2.27. The zero-order valence-electron chi connectivity index (χ0n) is 9.70. The SMILES string of the molecule is N#C/C(=C/c1cccc(I)c1)c1ccc(Cl)c(Cl)c1. The van der Waals surface area contributed by atoms with Crippen molar-refractivity contribution in [1.29, 1.82) is 5.26 Å². The van der Waals surface area contributed by atoms with Gasteiger partial charge in [-0.25, -0.2) is 0 Å². The molecule has 0 spiro atoms. The molecule has 19 heavy (non-hydrogen) atoms. The van der Waals surface area contributed by atoms with Crippen LogP contribution in [0.25, 0.3) is 11.6 Å². The van der Waals surface area contributed by atoms with E-state index in [1.165, 1.54) is 0 Å². The summed E-state index contributed by atoms with van der Waals surface area (Å²) in [6.45, 7) is 0. The summed E-state index contributed by atoms with van der Waals surface area (Å²) in [7, 11) is 0. The van der Waals surface area contributed by atoms with E-state index in [9.17, 15) is 5.26 Å². The predicted molar refractivity (Wildman–Crippen MR) is 89.1 cm³/mol. The van der Waals surface area contributed by atoms with Crippen LogP contribution in [-0.2, 0) is 0 Å². The molecular weight excluding hydrogens is 392 g/mol. The second-order valence-corrected chi connectivity index (χ2v) is 5.91. The number of nitrogens with zero attached hydrogens (tertiary/aromatic N) is 1. The van der Waals surface area contributed by atoms with Crippen LogP contribution in [-0.4, -0.2) is 0 Å². The summed E-state index contributed by atoms with van der Waals surface area (Å²) in [5.41, 5.74) is 2.30. The molecule has 0 aliphatic heterocycles. The van der Waals surface area contributed by atoms with Gasteiger partial charge in [0, 0.05) is 3.57 Å². The second-order valence-electron chi connectivity index (χ2n) is 3.85. The molecule has 2 aromatic carbocycles. The van der Waals surface area contributed by atoms with Crippen molar-refractivity contribution < 1.29 is 0 Å². The summed E-state index contributed by atoms with van der Waals surface area (Å²) in [4.78, 5) is 0. The van der Waals surface area contributed by atoms with Crippen LogP contribution < -0.4 is 0 Å². The Kier molecular flexibility index (Phi) is 4.87. The van der Waals surface area contributed by atoms with Gasteiger partial charge >= 0.3 is 0 Å². The molecule has 0 saturated carbocycles. The van der Waals surface area contributed by atoms with Crippen LogP contribution in [0.4, 0.5) is 0 Å². The first kappa shape index (κ1) is 14.4. The molecule has 0 aromatic heterocycles. The van der Waals surface area contributed by atoms with Gasteiger partial charge in [-0.3, -0.25) is 0 Å². The molecule has 1 nitrogen and oxygen atoms in total. The standard InChI is InChI=1S/C15H8Cl2IN/c16-14-5-4-11(8-15(14)17)12(9-19)6-10-2-1-3-13(18)7-10/h1-8H/b12-6-. The molecule has 2 aromatic rings. The smallest absolute Gasteiger partial charge is 0.0998 e. The Hall–Kier alpha value is -1.02. The highest BCUT2D eigenvalue weighted by molar-refractivity contribution is 14.1. The Morgan fingerprint density at radius 1 is 1.11 bits per heavy atom. The number of hydrogen-bond acceptors (Lipinski definition) is 1. The monoisotopic (exact) mass is 399 g/mol. The molecule has 0 fully saturated rings. The minimum absolute atomic E-state index is 0.447. The van der Waals surface area contributed by atoms with Crippen LogP contribution in [0.3, 0.4) is 0 Å². The number of rotatable bonds is 2. The number of benzene rings is 2. The zero-order chi connectivity index (χ0) is 13.8. The van der Waals surface area contributed by atoms with Gasteiger partial charge in [-0.2, -0.15) is 5.26 Å². The first-order chi connectivity index (χ1) is 9.10. The Balaban J connectivity index is 2.45. The van der Waals surface area contributed by atoms with Crippen molar-refractivity contribution in [3.63, 3.8) is 0 Å². The molecule has 2 rings (SSSR count). The second kappa shape index (κ2) is 6.42. The van der Waals surface area contributed by atoms with Crippen molar-refractivity contribution in [2.75, 3.05) is 0 Å². The van der Waals surface area contributed by atoms with Crippen molar-refractivity contribution in [3.05, 3.63) is 67.2 Å². The molecule has 4 heteroatoms. The fraction of sp³-hybridized carbons (Fsp3) is 0. The van der Waals surface area contributed by atoms with Gasteiger partial charge in [0.1, 0.15) is 0 Å². The summed E-state index contributed by atoms with van der Waals surface area (Å²) in [6.07, 6.45) is 1.84. The van der Waals surface area contributed by atoms with Gasteiger partial charge in [-0.1, -0.05) is 41.4 Å². The molecule has 94 valence electrons. The minimum Gasteiger partial charge on any atom is -0.192 e. The fourth-order valence-corrected chi connectivity index (χ4v) is 2.47.